The molecule has 0 fully saturated rings. The van der Waals surface area contributed by atoms with Crippen molar-refractivity contribution in [3.05, 3.63) is 35.9 Å². The summed E-state index contributed by atoms with van der Waals surface area (Å²) in [6, 6.07) is 8.95. The van der Waals surface area contributed by atoms with Crippen molar-refractivity contribution in [1.29, 1.82) is 0 Å². The minimum absolute atomic E-state index is 0.00438. The van der Waals surface area contributed by atoms with Crippen molar-refractivity contribution < 1.29 is 14.7 Å². The Balaban J connectivity index is 2.71. The van der Waals surface area contributed by atoms with Crippen LogP contribution in [-0.2, 0) is 9.59 Å². The van der Waals surface area contributed by atoms with Crippen LogP contribution in [0, 0.1) is 0 Å². The molecule has 0 heterocycles. The number of benzene rings is 1. The van der Waals surface area contributed by atoms with Crippen LogP contribution in [0.3, 0.4) is 0 Å². The molecule has 1 aromatic carbocycles. The van der Waals surface area contributed by atoms with E-state index in [1.54, 1.807) is 0 Å². The highest BCUT2D eigenvalue weighted by Crippen LogP contribution is 2.17. The number of hydrogen-bond donors (Lipinski definition) is 3. The van der Waals surface area contributed by atoms with E-state index in [2.05, 4.69) is 5.32 Å². The fourth-order valence-corrected chi connectivity index (χ4v) is 1.53. The van der Waals surface area contributed by atoms with Crippen molar-refractivity contribution >= 4 is 11.9 Å². The molecule has 1 amide bonds. The van der Waals surface area contributed by atoms with Crippen molar-refractivity contribution in [3.63, 3.8) is 0 Å². The maximum atomic E-state index is 11.3. The van der Waals surface area contributed by atoms with E-state index in [1.807, 2.05) is 30.3 Å². The Kier molecular flexibility index (Phi) is 5.16. The molecule has 0 aliphatic carbocycles. The van der Waals surface area contributed by atoms with Crippen LogP contribution >= 0.6 is 0 Å². The molecule has 1 aromatic rings. The van der Waals surface area contributed by atoms with Crippen molar-refractivity contribution in [2.24, 2.45) is 5.73 Å². The van der Waals surface area contributed by atoms with Gasteiger partial charge < -0.3 is 16.2 Å². The normalized spacial score (nSPS) is 11.8. The third kappa shape index (κ3) is 4.65. The highest BCUT2D eigenvalue weighted by Gasteiger charge is 2.14. The minimum atomic E-state index is -0.882. The van der Waals surface area contributed by atoms with Crippen molar-refractivity contribution in [3.8, 4) is 0 Å². The Morgan fingerprint density at radius 1 is 1.29 bits per heavy atom. The van der Waals surface area contributed by atoms with E-state index in [0.717, 1.165) is 5.56 Å². The molecule has 5 nitrogen and oxygen atoms in total. The molecular weight excluding hydrogens is 220 g/mol. The summed E-state index contributed by atoms with van der Waals surface area (Å²) >= 11 is 0. The second kappa shape index (κ2) is 6.65. The van der Waals surface area contributed by atoms with E-state index in [1.165, 1.54) is 0 Å². The van der Waals surface area contributed by atoms with Gasteiger partial charge in [-0.2, -0.15) is 0 Å². The van der Waals surface area contributed by atoms with Gasteiger partial charge in [0, 0.05) is 6.42 Å². The summed E-state index contributed by atoms with van der Waals surface area (Å²) in [6.45, 7) is -0.101. The van der Waals surface area contributed by atoms with Crippen LogP contribution in [0.5, 0.6) is 0 Å². The molecule has 92 valence electrons. The molecule has 5 heteroatoms. The lowest BCUT2D eigenvalue weighted by molar-refractivity contribution is -0.137. The van der Waals surface area contributed by atoms with Gasteiger partial charge in [-0.1, -0.05) is 30.3 Å². The molecule has 0 saturated heterocycles. The first-order chi connectivity index (χ1) is 8.13. The molecule has 0 radical (unpaired) electrons. The highest BCUT2D eigenvalue weighted by molar-refractivity contribution is 5.78. The molecule has 4 N–H and O–H groups in total. The van der Waals surface area contributed by atoms with Crippen LogP contribution in [-0.4, -0.2) is 23.5 Å². The minimum Gasteiger partial charge on any atom is -0.481 e. The molecular formula is C12H16N2O3. The summed E-state index contributed by atoms with van der Waals surface area (Å²) in [7, 11) is 0. The molecule has 0 bridgehead atoms. The third-order valence-corrected chi connectivity index (χ3v) is 2.37. The van der Waals surface area contributed by atoms with Crippen LogP contribution in [0.2, 0.25) is 0 Å². The molecule has 17 heavy (non-hydrogen) atoms. The Hall–Kier alpha value is -1.88. The van der Waals surface area contributed by atoms with Crippen LogP contribution in [0.15, 0.2) is 30.3 Å². The number of carboxylic acid groups (broad SMARTS) is 1. The Morgan fingerprint density at radius 2 is 1.94 bits per heavy atom. The number of carboxylic acids is 1. The first kappa shape index (κ1) is 13.2. The molecule has 0 aliphatic rings. The Labute approximate surface area is 99.6 Å². The second-order valence-electron chi connectivity index (χ2n) is 3.67. The van der Waals surface area contributed by atoms with Gasteiger partial charge in [0.25, 0.3) is 0 Å². The summed E-state index contributed by atoms with van der Waals surface area (Å²) in [5, 5.41) is 11.4. The maximum absolute atomic E-state index is 11.3. The molecule has 0 saturated carbocycles. The summed E-state index contributed by atoms with van der Waals surface area (Å²) in [5.41, 5.74) is 6.11. The van der Waals surface area contributed by atoms with Gasteiger partial charge in [0.1, 0.15) is 0 Å². The fraction of sp³-hybridized carbons (Fsp3) is 0.333. The van der Waals surface area contributed by atoms with Crippen LogP contribution in [0.1, 0.15) is 24.4 Å². The van der Waals surface area contributed by atoms with Gasteiger partial charge in [0.2, 0.25) is 5.91 Å². The van der Waals surface area contributed by atoms with Crippen molar-refractivity contribution in [2.45, 2.75) is 18.9 Å². The lowest BCUT2D eigenvalue weighted by Crippen LogP contribution is -2.34. The number of aliphatic carboxylic acids is 1. The molecule has 1 unspecified atom stereocenters. The predicted molar refractivity (Wildman–Crippen MR) is 63.2 cm³/mol. The Morgan fingerprint density at radius 3 is 2.47 bits per heavy atom. The average molecular weight is 236 g/mol. The highest BCUT2D eigenvalue weighted by atomic mass is 16.4. The topological polar surface area (TPSA) is 92.4 Å². The largest absolute Gasteiger partial charge is 0.481 e. The van der Waals surface area contributed by atoms with E-state index in [0.29, 0.717) is 6.42 Å². The monoisotopic (exact) mass is 236 g/mol. The summed E-state index contributed by atoms with van der Waals surface area (Å²) < 4.78 is 0. The van der Waals surface area contributed by atoms with Gasteiger partial charge in [-0.25, -0.2) is 0 Å². The number of rotatable bonds is 6. The van der Waals surface area contributed by atoms with Crippen molar-refractivity contribution in [1.82, 2.24) is 5.32 Å². The van der Waals surface area contributed by atoms with Crippen LogP contribution < -0.4 is 11.1 Å². The van der Waals surface area contributed by atoms with Gasteiger partial charge in [-0.05, 0) is 12.0 Å². The van der Waals surface area contributed by atoms with Crippen molar-refractivity contribution in [2.75, 3.05) is 6.54 Å². The van der Waals surface area contributed by atoms with Gasteiger partial charge in [0.05, 0.1) is 12.6 Å². The number of hydrogen-bond acceptors (Lipinski definition) is 3. The zero-order chi connectivity index (χ0) is 12.7. The number of amides is 1. The fourth-order valence-electron chi connectivity index (χ4n) is 1.53. The summed E-state index contributed by atoms with van der Waals surface area (Å²) in [4.78, 5) is 21.8. The number of carbonyl (C=O) groups excluding carboxylic acids is 1. The lowest BCUT2D eigenvalue weighted by atomic mass is 10.0. The number of nitrogens with one attached hydrogen (secondary N) is 1. The predicted octanol–water partition coefficient (Wildman–Crippen LogP) is 0.667. The van der Waals surface area contributed by atoms with E-state index >= 15 is 0 Å². The van der Waals surface area contributed by atoms with Crippen LogP contribution in [0.4, 0.5) is 0 Å². The SMILES string of the molecule is NCC(=O)NC(CCC(=O)O)c1ccccc1. The van der Waals surface area contributed by atoms with E-state index < -0.39 is 5.97 Å². The molecule has 0 aromatic heterocycles. The first-order valence-electron chi connectivity index (χ1n) is 5.39. The van der Waals surface area contributed by atoms with E-state index in [-0.39, 0.29) is 24.9 Å². The Bertz CT molecular complexity index is 379. The van der Waals surface area contributed by atoms with Gasteiger partial charge in [0.15, 0.2) is 0 Å². The standard InChI is InChI=1S/C12H16N2O3/c13-8-11(15)14-10(6-7-12(16)17)9-4-2-1-3-5-9/h1-5,10H,6-8,13H2,(H,14,15)(H,16,17). The summed E-state index contributed by atoms with van der Waals surface area (Å²) in [6.07, 6.45) is 0.357. The summed E-state index contributed by atoms with van der Waals surface area (Å²) in [5.74, 6) is -1.17. The van der Waals surface area contributed by atoms with Gasteiger partial charge >= 0.3 is 5.97 Å². The molecule has 0 spiro atoms. The second-order valence-corrected chi connectivity index (χ2v) is 3.67. The molecule has 1 atom stereocenters. The lowest BCUT2D eigenvalue weighted by Gasteiger charge is -2.18. The van der Waals surface area contributed by atoms with Gasteiger partial charge in [-0.15, -0.1) is 0 Å². The molecule has 1 rings (SSSR count). The van der Waals surface area contributed by atoms with E-state index in [4.69, 9.17) is 10.8 Å². The smallest absolute Gasteiger partial charge is 0.303 e. The van der Waals surface area contributed by atoms with E-state index in [9.17, 15) is 9.59 Å². The first-order valence-corrected chi connectivity index (χ1v) is 5.39. The zero-order valence-corrected chi connectivity index (χ0v) is 9.43. The zero-order valence-electron chi connectivity index (χ0n) is 9.43. The average Bonchev–Trinajstić information content (AvgIpc) is 2.35. The maximum Gasteiger partial charge on any atom is 0.303 e. The quantitative estimate of drug-likeness (QED) is 0.676. The number of nitrogens with two attached hydrogens (primary N) is 1. The van der Waals surface area contributed by atoms with Gasteiger partial charge in [-0.3, -0.25) is 9.59 Å². The number of carbonyl (C=O) groups is 2. The van der Waals surface area contributed by atoms with Crippen LogP contribution in [0.25, 0.3) is 0 Å². The third-order valence-electron chi connectivity index (χ3n) is 2.37. The molecule has 0 aliphatic heterocycles.